The summed E-state index contributed by atoms with van der Waals surface area (Å²) in [5.74, 6) is 0.260. The Morgan fingerprint density at radius 1 is 0.533 bits per heavy atom. The molecular formula is C28H55NO. The Morgan fingerprint density at radius 3 is 1.43 bits per heavy atom. The van der Waals surface area contributed by atoms with E-state index in [0.29, 0.717) is 0 Å². The second-order valence-corrected chi connectivity index (χ2v) is 9.16. The van der Waals surface area contributed by atoms with Gasteiger partial charge in [-0.3, -0.25) is 4.79 Å². The number of hydrogen-bond donors (Lipinski definition) is 1. The van der Waals surface area contributed by atoms with Crippen LogP contribution in [0.4, 0.5) is 0 Å². The molecule has 30 heavy (non-hydrogen) atoms. The van der Waals surface area contributed by atoms with Crippen molar-refractivity contribution < 1.29 is 4.79 Å². The van der Waals surface area contributed by atoms with Crippen molar-refractivity contribution in [2.75, 3.05) is 6.54 Å². The molecule has 0 aliphatic rings. The Bertz CT molecular complexity index is 364. The van der Waals surface area contributed by atoms with Gasteiger partial charge in [0.25, 0.3) is 0 Å². The van der Waals surface area contributed by atoms with E-state index in [0.717, 1.165) is 25.8 Å². The van der Waals surface area contributed by atoms with Crippen LogP contribution >= 0.6 is 0 Å². The van der Waals surface area contributed by atoms with Gasteiger partial charge in [-0.15, -0.1) is 0 Å². The molecule has 0 bridgehead atoms. The second kappa shape index (κ2) is 26.2. The van der Waals surface area contributed by atoms with Gasteiger partial charge in [-0.2, -0.15) is 0 Å². The third kappa shape index (κ3) is 25.2. The van der Waals surface area contributed by atoms with Crippen LogP contribution in [-0.2, 0) is 4.79 Å². The predicted octanol–water partition coefficient (Wildman–Crippen LogP) is 9.28. The van der Waals surface area contributed by atoms with Crippen LogP contribution in [0.25, 0.3) is 0 Å². The van der Waals surface area contributed by atoms with E-state index in [1.807, 2.05) is 0 Å². The molecule has 0 rings (SSSR count). The normalized spacial score (nSPS) is 11.4. The maximum atomic E-state index is 11.9. The molecule has 0 aliphatic carbocycles. The summed E-state index contributed by atoms with van der Waals surface area (Å²) in [5.41, 5.74) is 0. The fourth-order valence-electron chi connectivity index (χ4n) is 3.93. The van der Waals surface area contributed by atoms with E-state index in [-0.39, 0.29) is 5.91 Å². The van der Waals surface area contributed by atoms with Crippen LogP contribution < -0.4 is 5.32 Å². The SMILES string of the molecule is CCCCCCCCC=CCCCCCCCC(=O)NCCCCCCCCCC. The summed E-state index contributed by atoms with van der Waals surface area (Å²) in [6, 6.07) is 0. The zero-order chi connectivity index (χ0) is 22.0. The Kier molecular flexibility index (Phi) is 25.6. The molecule has 2 nitrogen and oxygen atoms in total. The van der Waals surface area contributed by atoms with Gasteiger partial charge >= 0.3 is 0 Å². The van der Waals surface area contributed by atoms with Crippen molar-refractivity contribution in [2.45, 2.75) is 155 Å². The number of unbranched alkanes of at least 4 members (excludes halogenated alkanes) is 18. The van der Waals surface area contributed by atoms with Crippen molar-refractivity contribution in [3.05, 3.63) is 12.2 Å². The predicted molar refractivity (Wildman–Crippen MR) is 135 cm³/mol. The number of allylic oxidation sites excluding steroid dienone is 2. The Hall–Kier alpha value is -0.790. The highest BCUT2D eigenvalue weighted by atomic mass is 16.1. The summed E-state index contributed by atoms with van der Waals surface area (Å²) in [5, 5.41) is 3.10. The monoisotopic (exact) mass is 421 g/mol. The Morgan fingerprint density at radius 2 is 0.933 bits per heavy atom. The lowest BCUT2D eigenvalue weighted by atomic mass is 10.1. The molecule has 0 heterocycles. The highest BCUT2D eigenvalue weighted by Gasteiger charge is 2.00. The van der Waals surface area contributed by atoms with Crippen LogP contribution in [0, 0.1) is 0 Å². The highest BCUT2D eigenvalue weighted by Crippen LogP contribution is 2.10. The molecule has 1 N–H and O–H groups in total. The lowest BCUT2D eigenvalue weighted by Crippen LogP contribution is -2.23. The molecule has 0 aromatic rings. The van der Waals surface area contributed by atoms with Gasteiger partial charge in [-0.05, 0) is 38.5 Å². The molecule has 0 unspecified atom stereocenters. The van der Waals surface area contributed by atoms with Crippen LogP contribution in [0.2, 0.25) is 0 Å². The number of nitrogens with one attached hydrogen (secondary N) is 1. The molecule has 1 amide bonds. The molecule has 0 aliphatic heterocycles. The molecule has 0 spiro atoms. The van der Waals surface area contributed by atoms with Gasteiger partial charge in [-0.1, -0.05) is 122 Å². The van der Waals surface area contributed by atoms with E-state index >= 15 is 0 Å². The van der Waals surface area contributed by atoms with E-state index in [4.69, 9.17) is 0 Å². The van der Waals surface area contributed by atoms with Crippen LogP contribution in [0.5, 0.6) is 0 Å². The second-order valence-electron chi connectivity index (χ2n) is 9.16. The molecule has 0 atom stereocenters. The van der Waals surface area contributed by atoms with Crippen molar-refractivity contribution in [3.8, 4) is 0 Å². The zero-order valence-corrected chi connectivity index (χ0v) is 20.8. The molecule has 2 heteroatoms. The molecule has 178 valence electrons. The van der Waals surface area contributed by atoms with Gasteiger partial charge in [-0.25, -0.2) is 0 Å². The number of rotatable bonds is 24. The van der Waals surface area contributed by atoms with E-state index < -0.39 is 0 Å². The van der Waals surface area contributed by atoms with Gasteiger partial charge in [0.1, 0.15) is 0 Å². The first-order chi connectivity index (χ1) is 14.8. The summed E-state index contributed by atoms with van der Waals surface area (Å²) < 4.78 is 0. The van der Waals surface area contributed by atoms with E-state index in [9.17, 15) is 4.79 Å². The molecule has 0 fully saturated rings. The molecule has 0 aromatic carbocycles. The van der Waals surface area contributed by atoms with Crippen LogP contribution in [-0.4, -0.2) is 12.5 Å². The number of carbonyl (C=O) groups excluding carboxylic acids is 1. The van der Waals surface area contributed by atoms with Gasteiger partial charge < -0.3 is 5.32 Å². The number of carbonyl (C=O) groups is 1. The van der Waals surface area contributed by atoms with Gasteiger partial charge in [0.15, 0.2) is 0 Å². The lowest BCUT2D eigenvalue weighted by molar-refractivity contribution is -0.121. The van der Waals surface area contributed by atoms with Crippen molar-refractivity contribution in [3.63, 3.8) is 0 Å². The standard InChI is InChI=1S/C28H55NO/c1-3-5-7-9-11-13-14-15-16-17-18-19-20-22-24-26-28(30)29-27-25-23-21-12-10-8-6-4-2/h15-16H,3-14,17-27H2,1-2H3,(H,29,30). The molecular weight excluding hydrogens is 366 g/mol. The van der Waals surface area contributed by atoms with Crippen molar-refractivity contribution >= 4 is 5.91 Å². The van der Waals surface area contributed by atoms with Gasteiger partial charge in [0.2, 0.25) is 5.91 Å². The van der Waals surface area contributed by atoms with Gasteiger partial charge in [0, 0.05) is 13.0 Å². The first-order valence-electron chi connectivity index (χ1n) is 13.7. The number of amides is 1. The quantitative estimate of drug-likeness (QED) is 0.122. The topological polar surface area (TPSA) is 29.1 Å². The lowest BCUT2D eigenvalue weighted by Gasteiger charge is -2.05. The van der Waals surface area contributed by atoms with E-state index in [2.05, 4.69) is 31.3 Å². The van der Waals surface area contributed by atoms with Crippen LogP contribution in [0.15, 0.2) is 12.2 Å². The maximum absolute atomic E-state index is 11.9. The molecule has 0 aromatic heterocycles. The van der Waals surface area contributed by atoms with Crippen LogP contribution in [0.3, 0.4) is 0 Å². The maximum Gasteiger partial charge on any atom is 0.219 e. The summed E-state index contributed by atoms with van der Waals surface area (Å²) in [6.45, 7) is 5.41. The van der Waals surface area contributed by atoms with Crippen molar-refractivity contribution in [1.82, 2.24) is 5.32 Å². The molecule has 0 saturated carbocycles. The third-order valence-electron chi connectivity index (χ3n) is 6.02. The number of hydrogen-bond acceptors (Lipinski definition) is 1. The summed E-state index contributed by atoms with van der Waals surface area (Å²) >= 11 is 0. The minimum Gasteiger partial charge on any atom is -0.356 e. The zero-order valence-electron chi connectivity index (χ0n) is 20.8. The Balaban J connectivity index is 3.20. The third-order valence-corrected chi connectivity index (χ3v) is 6.02. The van der Waals surface area contributed by atoms with Crippen molar-refractivity contribution in [2.24, 2.45) is 0 Å². The summed E-state index contributed by atoms with van der Waals surface area (Å²) in [6.07, 6.45) is 33.0. The fourth-order valence-corrected chi connectivity index (χ4v) is 3.93. The minimum absolute atomic E-state index is 0.260. The average molecular weight is 422 g/mol. The molecule has 0 saturated heterocycles. The summed E-state index contributed by atoms with van der Waals surface area (Å²) in [7, 11) is 0. The van der Waals surface area contributed by atoms with Crippen LogP contribution in [0.1, 0.15) is 155 Å². The fraction of sp³-hybridized carbons (Fsp3) is 0.893. The van der Waals surface area contributed by atoms with Crippen molar-refractivity contribution in [1.29, 1.82) is 0 Å². The smallest absolute Gasteiger partial charge is 0.219 e. The first kappa shape index (κ1) is 29.2. The van der Waals surface area contributed by atoms with E-state index in [1.165, 1.54) is 122 Å². The van der Waals surface area contributed by atoms with E-state index in [1.54, 1.807) is 0 Å². The first-order valence-corrected chi connectivity index (χ1v) is 13.7. The van der Waals surface area contributed by atoms with Gasteiger partial charge in [0.05, 0.1) is 0 Å². The largest absolute Gasteiger partial charge is 0.356 e. The Labute approximate surface area is 190 Å². The molecule has 0 radical (unpaired) electrons. The highest BCUT2D eigenvalue weighted by molar-refractivity contribution is 5.75. The summed E-state index contributed by atoms with van der Waals surface area (Å²) in [4.78, 5) is 11.9. The minimum atomic E-state index is 0.260. The average Bonchev–Trinajstić information content (AvgIpc) is 2.75.